The molecule has 0 atom stereocenters. The van der Waals surface area contributed by atoms with Gasteiger partial charge in [-0.05, 0) is 25.9 Å². The maximum absolute atomic E-state index is 5.42. The molecule has 3 nitrogen and oxygen atoms in total. The molecular formula is C15H18N2O. The quantitative estimate of drug-likeness (QED) is 0.826. The Balaban J connectivity index is 1.69. The van der Waals surface area contributed by atoms with Crippen LogP contribution in [0.5, 0.6) is 0 Å². The van der Waals surface area contributed by atoms with Gasteiger partial charge >= 0.3 is 0 Å². The van der Waals surface area contributed by atoms with Crippen LogP contribution in [0.4, 0.5) is 0 Å². The zero-order valence-electron chi connectivity index (χ0n) is 10.5. The van der Waals surface area contributed by atoms with Crippen molar-refractivity contribution in [1.29, 1.82) is 0 Å². The molecule has 94 valence electrons. The minimum absolute atomic E-state index is 0.864. The lowest BCUT2D eigenvalue weighted by molar-refractivity contribution is 0.215. The lowest BCUT2D eigenvalue weighted by Gasteiger charge is -2.25. The molecule has 0 saturated carbocycles. The van der Waals surface area contributed by atoms with Crippen molar-refractivity contribution in [2.75, 3.05) is 13.1 Å². The lowest BCUT2D eigenvalue weighted by Crippen LogP contribution is -2.29. The fraction of sp³-hybridized carbons (Fsp3) is 0.400. The molecule has 3 heteroatoms. The van der Waals surface area contributed by atoms with Crippen molar-refractivity contribution in [1.82, 2.24) is 10.1 Å². The number of piperidine rings is 1. The highest BCUT2D eigenvalue weighted by molar-refractivity contribution is 5.56. The van der Waals surface area contributed by atoms with E-state index in [2.05, 4.69) is 16.1 Å². The Labute approximate surface area is 107 Å². The third-order valence-electron chi connectivity index (χ3n) is 3.45. The first-order chi connectivity index (χ1) is 8.92. The van der Waals surface area contributed by atoms with Crippen molar-refractivity contribution < 1.29 is 4.52 Å². The first kappa shape index (κ1) is 11.5. The van der Waals surface area contributed by atoms with Crippen LogP contribution < -0.4 is 0 Å². The van der Waals surface area contributed by atoms with Gasteiger partial charge in [-0.15, -0.1) is 0 Å². The van der Waals surface area contributed by atoms with E-state index in [4.69, 9.17) is 4.52 Å². The summed E-state index contributed by atoms with van der Waals surface area (Å²) in [5.74, 6) is 0.864. The number of likely N-dealkylation sites (tertiary alicyclic amines) is 1. The van der Waals surface area contributed by atoms with Crippen LogP contribution in [0, 0.1) is 0 Å². The van der Waals surface area contributed by atoms with Gasteiger partial charge in [0, 0.05) is 18.2 Å². The highest BCUT2D eigenvalue weighted by Gasteiger charge is 2.13. The van der Waals surface area contributed by atoms with Crippen LogP contribution in [0.25, 0.3) is 11.3 Å². The summed E-state index contributed by atoms with van der Waals surface area (Å²) in [6.45, 7) is 3.29. The van der Waals surface area contributed by atoms with Gasteiger partial charge in [-0.1, -0.05) is 41.9 Å². The Morgan fingerprint density at radius 3 is 2.61 bits per heavy atom. The van der Waals surface area contributed by atoms with E-state index in [9.17, 15) is 0 Å². The number of hydrogen-bond donors (Lipinski definition) is 0. The third-order valence-corrected chi connectivity index (χ3v) is 3.45. The van der Waals surface area contributed by atoms with E-state index < -0.39 is 0 Å². The van der Waals surface area contributed by atoms with Crippen LogP contribution in [0.1, 0.15) is 25.0 Å². The van der Waals surface area contributed by atoms with E-state index in [0.717, 1.165) is 23.6 Å². The second kappa shape index (κ2) is 5.36. The standard InChI is InChI=1S/C15H18N2O/c1-3-7-13(8-4-1)15-11-14(16-18-15)12-17-9-5-2-6-10-17/h1,3-4,7-8,11H,2,5-6,9-10,12H2. The smallest absolute Gasteiger partial charge is 0.167 e. The molecule has 0 N–H and O–H groups in total. The molecule has 2 aromatic rings. The minimum Gasteiger partial charge on any atom is -0.356 e. The van der Waals surface area contributed by atoms with Crippen molar-refractivity contribution in [2.45, 2.75) is 25.8 Å². The van der Waals surface area contributed by atoms with Gasteiger partial charge < -0.3 is 4.52 Å². The van der Waals surface area contributed by atoms with Crippen molar-refractivity contribution in [2.24, 2.45) is 0 Å². The van der Waals surface area contributed by atoms with Crippen LogP contribution in [0.3, 0.4) is 0 Å². The van der Waals surface area contributed by atoms with E-state index >= 15 is 0 Å². The van der Waals surface area contributed by atoms with E-state index in [1.807, 2.05) is 30.3 Å². The predicted octanol–water partition coefficient (Wildman–Crippen LogP) is 3.33. The Morgan fingerprint density at radius 2 is 1.83 bits per heavy atom. The average Bonchev–Trinajstić information content (AvgIpc) is 2.89. The van der Waals surface area contributed by atoms with Crippen LogP contribution in [0.2, 0.25) is 0 Å². The molecule has 0 spiro atoms. The summed E-state index contributed by atoms with van der Waals surface area (Å²) >= 11 is 0. The van der Waals surface area contributed by atoms with E-state index in [0.29, 0.717) is 0 Å². The number of hydrogen-bond acceptors (Lipinski definition) is 3. The molecule has 18 heavy (non-hydrogen) atoms. The Kier molecular flexibility index (Phi) is 3.42. The zero-order valence-corrected chi connectivity index (χ0v) is 10.5. The molecule has 1 aliphatic rings. The van der Waals surface area contributed by atoms with Crippen molar-refractivity contribution in [3.63, 3.8) is 0 Å². The van der Waals surface area contributed by atoms with E-state index in [-0.39, 0.29) is 0 Å². The van der Waals surface area contributed by atoms with Gasteiger partial charge in [-0.2, -0.15) is 0 Å². The highest BCUT2D eigenvalue weighted by Crippen LogP contribution is 2.21. The van der Waals surface area contributed by atoms with Gasteiger partial charge in [0.15, 0.2) is 5.76 Å². The second-order valence-electron chi connectivity index (χ2n) is 4.89. The first-order valence-corrected chi connectivity index (χ1v) is 6.65. The van der Waals surface area contributed by atoms with Gasteiger partial charge in [0.25, 0.3) is 0 Å². The first-order valence-electron chi connectivity index (χ1n) is 6.65. The summed E-state index contributed by atoms with van der Waals surface area (Å²) in [5.41, 5.74) is 2.13. The van der Waals surface area contributed by atoms with Gasteiger partial charge in [-0.3, -0.25) is 4.90 Å². The number of benzene rings is 1. The molecule has 1 aliphatic heterocycles. The fourth-order valence-electron chi connectivity index (χ4n) is 2.47. The van der Waals surface area contributed by atoms with Gasteiger partial charge in [-0.25, -0.2) is 0 Å². The number of aromatic nitrogens is 1. The molecular weight excluding hydrogens is 224 g/mol. The largest absolute Gasteiger partial charge is 0.356 e. The molecule has 1 saturated heterocycles. The lowest BCUT2D eigenvalue weighted by atomic mass is 10.1. The van der Waals surface area contributed by atoms with E-state index in [1.165, 1.54) is 32.4 Å². The van der Waals surface area contributed by atoms with Crippen molar-refractivity contribution in [3.05, 3.63) is 42.1 Å². The topological polar surface area (TPSA) is 29.3 Å². The van der Waals surface area contributed by atoms with Crippen LogP contribution in [0.15, 0.2) is 40.9 Å². The van der Waals surface area contributed by atoms with Gasteiger partial charge in [0.1, 0.15) is 0 Å². The maximum Gasteiger partial charge on any atom is 0.167 e. The molecule has 2 heterocycles. The molecule has 0 amide bonds. The number of rotatable bonds is 3. The molecule has 0 bridgehead atoms. The van der Waals surface area contributed by atoms with Crippen LogP contribution in [-0.2, 0) is 6.54 Å². The number of nitrogens with zero attached hydrogens (tertiary/aromatic N) is 2. The zero-order chi connectivity index (χ0) is 12.2. The summed E-state index contributed by atoms with van der Waals surface area (Å²) in [6, 6.07) is 12.2. The summed E-state index contributed by atoms with van der Waals surface area (Å²) in [7, 11) is 0. The maximum atomic E-state index is 5.42. The van der Waals surface area contributed by atoms with Gasteiger partial charge in [0.2, 0.25) is 0 Å². The molecule has 1 aromatic heterocycles. The van der Waals surface area contributed by atoms with Crippen molar-refractivity contribution >= 4 is 0 Å². The Bertz CT molecular complexity index is 486. The van der Waals surface area contributed by atoms with Crippen LogP contribution >= 0.6 is 0 Å². The normalized spacial score (nSPS) is 16.9. The third kappa shape index (κ3) is 2.62. The molecule has 1 fully saturated rings. The SMILES string of the molecule is c1ccc(-c2cc(CN3CCCCC3)no2)cc1. The van der Waals surface area contributed by atoms with E-state index in [1.54, 1.807) is 0 Å². The summed E-state index contributed by atoms with van der Waals surface area (Å²) < 4.78 is 5.42. The summed E-state index contributed by atoms with van der Waals surface area (Å²) in [4.78, 5) is 2.45. The van der Waals surface area contributed by atoms with Crippen LogP contribution in [-0.4, -0.2) is 23.1 Å². The predicted molar refractivity (Wildman–Crippen MR) is 71.1 cm³/mol. The van der Waals surface area contributed by atoms with Gasteiger partial charge in [0.05, 0.1) is 5.69 Å². The summed E-state index contributed by atoms with van der Waals surface area (Å²) in [5, 5.41) is 4.17. The molecule has 3 rings (SSSR count). The Hall–Kier alpha value is -1.61. The van der Waals surface area contributed by atoms with Crippen molar-refractivity contribution in [3.8, 4) is 11.3 Å². The fourth-order valence-corrected chi connectivity index (χ4v) is 2.47. The second-order valence-corrected chi connectivity index (χ2v) is 4.89. The molecule has 0 aliphatic carbocycles. The molecule has 1 aromatic carbocycles. The molecule has 0 radical (unpaired) electrons. The average molecular weight is 242 g/mol. The summed E-state index contributed by atoms with van der Waals surface area (Å²) in [6.07, 6.45) is 3.98. The highest BCUT2D eigenvalue weighted by atomic mass is 16.5. The minimum atomic E-state index is 0.864. The Morgan fingerprint density at radius 1 is 1.06 bits per heavy atom. The molecule has 0 unspecified atom stereocenters. The monoisotopic (exact) mass is 242 g/mol.